The van der Waals surface area contributed by atoms with Crippen LogP contribution in [0.4, 0.5) is 15.8 Å². The fourth-order valence-corrected chi connectivity index (χ4v) is 6.59. The summed E-state index contributed by atoms with van der Waals surface area (Å²) in [5.74, 6) is -1.47. The number of anilines is 1. The first kappa shape index (κ1) is 36.5. The molecule has 0 aliphatic rings. The number of ether oxygens (including phenoxy) is 1. The van der Waals surface area contributed by atoms with E-state index in [1.54, 1.807) is 30.3 Å². The van der Waals surface area contributed by atoms with Crippen LogP contribution in [-0.4, -0.2) is 55.8 Å². The van der Waals surface area contributed by atoms with Gasteiger partial charge in [0, 0.05) is 36.2 Å². The van der Waals surface area contributed by atoms with Crippen molar-refractivity contribution in [2.75, 3.05) is 18.0 Å². The number of nitro groups is 1. The summed E-state index contributed by atoms with van der Waals surface area (Å²) in [6.07, 6.45) is 0.667. The summed E-state index contributed by atoms with van der Waals surface area (Å²) < 4.78 is 49.7. The van der Waals surface area contributed by atoms with Gasteiger partial charge in [-0.15, -0.1) is 0 Å². The van der Waals surface area contributed by atoms with Gasteiger partial charge in [0.05, 0.1) is 22.6 Å². The third-order valence-corrected chi connectivity index (χ3v) is 9.95. The van der Waals surface area contributed by atoms with E-state index < -0.39 is 55.7 Å². The number of methoxy groups -OCH3 is 1. The summed E-state index contributed by atoms with van der Waals surface area (Å²) in [5, 5.41) is 14.6. The van der Waals surface area contributed by atoms with Crippen LogP contribution in [-0.2, 0) is 32.6 Å². The molecule has 4 aromatic rings. The number of hydrogen-bond acceptors (Lipinski definition) is 7. The lowest BCUT2D eigenvalue weighted by Gasteiger charge is -2.34. The van der Waals surface area contributed by atoms with Crippen LogP contribution >= 0.6 is 0 Å². The minimum atomic E-state index is -4.62. The number of nitrogens with one attached hydrogen (secondary N) is 1. The standard InChI is InChI=1S/C36H39FN4O7S/c1-5-26(3)38-36(43)34(21-27-11-7-6-8-12-27)39(23-28-13-9-10-14-32(28)37)35(42)24-40(29-16-18-30(48-4)19-17-29)49(46,47)31-20-15-25(2)33(22-31)41(44)45/h6-20,22,26,34H,5,21,23-24H2,1-4H3,(H,38,43). The van der Waals surface area contributed by atoms with Gasteiger partial charge in [0.15, 0.2) is 0 Å². The monoisotopic (exact) mass is 690 g/mol. The molecule has 0 bridgehead atoms. The zero-order valence-corrected chi connectivity index (χ0v) is 28.5. The molecule has 4 aromatic carbocycles. The minimum Gasteiger partial charge on any atom is -0.497 e. The van der Waals surface area contributed by atoms with E-state index in [9.17, 15) is 28.1 Å². The van der Waals surface area contributed by atoms with Gasteiger partial charge in [-0.25, -0.2) is 12.8 Å². The first-order chi connectivity index (χ1) is 23.3. The Morgan fingerprint density at radius 1 is 0.980 bits per heavy atom. The molecule has 2 unspecified atom stereocenters. The van der Waals surface area contributed by atoms with Crippen molar-refractivity contribution in [3.05, 3.63) is 130 Å². The summed E-state index contributed by atoms with van der Waals surface area (Å²) in [4.78, 5) is 40.3. The predicted octanol–water partition coefficient (Wildman–Crippen LogP) is 5.80. The molecule has 258 valence electrons. The molecule has 4 rings (SSSR count). The van der Waals surface area contributed by atoms with Crippen molar-refractivity contribution in [2.45, 2.75) is 57.1 Å². The van der Waals surface area contributed by atoms with Crippen LogP contribution in [0.15, 0.2) is 102 Å². The van der Waals surface area contributed by atoms with Crippen LogP contribution in [0.2, 0.25) is 0 Å². The topological polar surface area (TPSA) is 139 Å². The molecule has 2 amide bonds. The van der Waals surface area contributed by atoms with E-state index in [2.05, 4.69) is 5.32 Å². The van der Waals surface area contributed by atoms with Crippen molar-refractivity contribution >= 4 is 33.2 Å². The average molecular weight is 691 g/mol. The van der Waals surface area contributed by atoms with Gasteiger partial charge < -0.3 is 15.0 Å². The lowest BCUT2D eigenvalue weighted by molar-refractivity contribution is -0.385. The van der Waals surface area contributed by atoms with E-state index >= 15 is 4.39 Å². The number of amides is 2. The Morgan fingerprint density at radius 3 is 2.24 bits per heavy atom. The van der Waals surface area contributed by atoms with E-state index in [1.807, 2.05) is 19.9 Å². The Bertz CT molecular complexity index is 1890. The van der Waals surface area contributed by atoms with Crippen molar-refractivity contribution in [1.29, 1.82) is 0 Å². The summed E-state index contributed by atoms with van der Waals surface area (Å²) in [5.41, 5.74) is 0.756. The third-order valence-electron chi connectivity index (χ3n) is 8.18. The van der Waals surface area contributed by atoms with E-state index in [1.165, 1.54) is 73.5 Å². The van der Waals surface area contributed by atoms with Crippen LogP contribution in [0.5, 0.6) is 5.75 Å². The van der Waals surface area contributed by atoms with E-state index in [0.717, 1.165) is 15.9 Å². The number of halogens is 1. The second-order valence-corrected chi connectivity index (χ2v) is 13.4. The number of carbonyl (C=O) groups is 2. The lowest BCUT2D eigenvalue weighted by atomic mass is 10.0. The molecule has 0 radical (unpaired) electrons. The number of benzene rings is 4. The van der Waals surface area contributed by atoms with Gasteiger partial charge in [0.2, 0.25) is 11.8 Å². The molecule has 0 aromatic heterocycles. The number of aryl methyl sites for hydroxylation is 1. The van der Waals surface area contributed by atoms with Crippen molar-refractivity contribution in [3.63, 3.8) is 0 Å². The van der Waals surface area contributed by atoms with Crippen molar-refractivity contribution < 1.29 is 32.1 Å². The first-order valence-corrected chi connectivity index (χ1v) is 17.1. The summed E-state index contributed by atoms with van der Waals surface area (Å²) in [6, 6.07) is 22.8. The maximum absolute atomic E-state index is 15.1. The average Bonchev–Trinajstić information content (AvgIpc) is 3.09. The number of nitro benzene ring substituents is 1. The number of sulfonamides is 1. The molecule has 0 spiro atoms. The van der Waals surface area contributed by atoms with Crippen LogP contribution in [0.3, 0.4) is 0 Å². The molecule has 0 saturated heterocycles. The summed E-state index contributed by atoms with van der Waals surface area (Å²) >= 11 is 0. The first-order valence-electron chi connectivity index (χ1n) is 15.6. The zero-order valence-electron chi connectivity index (χ0n) is 27.7. The molecule has 49 heavy (non-hydrogen) atoms. The number of carbonyl (C=O) groups excluding carboxylic acids is 2. The van der Waals surface area contributed by atoms with Crippen LogP contribution < -0.4 is 14.4 Å². The van der Waals surface area contributed by atoms with Gasteiger partial charge in [-0.1, -0.05) is 61.5 Å². The highest BCUT2D eigenvalue weighted by molar-refractivity contribution is 7.92. The largest absolute Gasteiger partial charge is 0.497 e. The molecule has 0 fully saturated rings. The Kier molecular flexibility index (Phi) is 12.1. The highest BCUT2D eigenvalue weighted by Gasteiger charge is 2.36. The molecule has 0 heterocycles. The Balaban J connectivity index is 1.85. The van der Waals surface area contributed by atoms with Crippen LogP contribution in [0.25, 0.3) is 0 Å². The summed E-state index contributed by atoms with van der Waals surface area (Å²) in [7, 11) is -3.18. The third kappa shape index (κ3) is 8.99. The van der Waals surface area contributed by atoms with E-state index in [-0.39, 0.29) is 35.8 Å². The predicted molar refractivity (Wildman–Crippen MR) is 184 cm³/mol. The fourth-order valence-electron chi connectivity index (χ4n) is 5.16. The lowest BCUT2D eigenvalue weighted by Crippen LogP contribution is -2.54. The second kappa shape index (κ2) is 16.2. The van der Waals surface area contributed by atoms with Crippen LogP contribution in [0, 0.1) is 22.9 Å². The smallest absolute Gasteiger partial charge is 0.273 e. The molecular formula is C36H39FN4O7S. The second-order valence-electron chi connectivity index (χ2n) is 11.6. The van der Waals surface area contributed by atoms with Gasteiger partial charge >= 0.3 is 0 Å². The normalized spacial score (nSPS) is 12.4. The molecule has 0 aliphatic heterocycles. The molecule has 11 nitrogen and oxygen atoms in total. The summed E-state index contributed by atoms with van der Waals surface area (Å²) in [6.45, 7) is 4.04. The van der Waals surface area contributed by atoms with Crippen molar-refractivity contribution in [1.82, 2.24) is 10.2 Å². The Morgan fingerprint density at radius 2 is 1.63 bits per heavy atom. The van der Waals surface area contributed by atoms with Crippen molar-refractivity contribution in [2.24, 2.45) is 0 Å². The molecule has 0 saturated carbocycles. The fraction of sp³-hybridized carbons (Fsp3) is 0.278. The zero-order chi connectivity index (χ0) is 35.7. The molecule has 1 N–H and O–H groups in total. The van der Waals surface area contributed by atoms with Crippen molar-refractivity contribution in [3.8, 4) is 5.75 Å². The molecular weight excluding hydrogens is 651 g/mol. The molecule has 13 heteroatoms. The SMILES string of the molecule is CCC(C)NC(=O)C(Cc1ccccc1)N(Cc1ccccc1F)C(=O)CN(c1ccc(OC)cc1)S(=O)(=O)c1ccc(C)c([N+](=O)[O-])c1. The maximum Gasteiger partial charge on any atom is 0.273 e. The Labute approximate surface area is 285 Å². The molecule has 2 atom stereocenters. The van der Waals surface area contributed by atoms with E-state index in [4.69, 9.17) is 4.74 Å². The van der Waals surface area contributed by atoms with Crippen LogP contribution in [0.1, 0.15) is 37.0 Å². The van der Waals surface area contributed by atoms with Gasteiger partial charge in [0.25, 0.3) is 15.7 Å². The number of nitrogens with zero attached hydrogens (tertiary/aromatic N) is 3. The Hall–Kier alpha value is -5.30. The number of hydrogen-bond donors (Lipinski definition) is 1. The maximum atomic E-state index is 15.1. The van der Waals surface area contributed by atoms with E-state index in [0.29, 0.717) is 12.2 Å². The minimum absolute atomic E-state index is 0.0583. The quantitative estimate of drug-likeness (QED) is 0.123. The number of rotatable bonds is 15. The highest BCUT2D eigenvalue weighted by Crippen LogP contribution is 2.30. The van der Waals surface area contributed by atoms with Gasteiger partial charge in [-0.3, -0.25) is 24.0 Å². The highest BCUT2D eigenvalue weighted by atomic mass is 32.2. The van der Waals surface area contributed by atoms with Gasteiger partial charge in [-0.2, -0.15) is 0 Å². The van der Waals surface area contributed by atoms with Gasteiger partial charge in [0.1, 0.15) is 24.2 Å². The van der Waals surface area contributed by atoms with Gasteiger partial charge in [-0.05, 0) is 62.2 Å². The molecule has 0 aliphatic carbocycles.